The normalized spacial score (nSPS) is 10.9. The van der Waals surface area contributed by atoms with E-state index in [1.165, 1.54) is 11.1 Å². The Balaban J connectivity index is 1.48. The Hall–Kier alpha value is -3.40. The number of carbonyl (C=O) groups is 1. The smallest absolute Gasteiger partial charge is 0.224 e. The van der Waals surface area contributed by atoms with Crippen LogP contribution in [0.15, 0.2) is 78.9 Å². The van der Waals surface area contributed by atoms with Crippen LogP contribution in [0.4, 0.5) is 0 Å². The molecular weight excluding hydrogens is 358 g/mol. The third kappa shape index (κ3) is 4.54. The van der Waals surface area contributed by atoms with Crippen LogP contribution in [0.5, 0.6) is 0 Å². The molecule has 1 aromatic heterocycles. The van der Waals surface area contributed by atoms with E-state index in [1.807, 2.05) is 48.5 Å². The quantitative estimate of drug-likeness (QED) is 0.517. The van der Waals surface area contributed by atoms with Gasteiger partial charge in [0.1, 0.15) is 5.82 Å². The van der Waals surface area contributed by atoms with Crippen molar-refractivity contribution in [2.24, 2.45) is 0 Å². The van der Waals surface area contributed by atoms with Gasteiger partial charge in [0.05, 0.1) is 17.5 Å². The molecule has 0 unspecified atom stereocenters. The molecule has 0 radical (unpaired) electrons. The van der Waals surface area contributed by atoms with Crippen LogP contribution in [0, 0.1) is 6.92 Å². The molecular formula is C25H25N3O. The molecule has 0 aliphatic heterocycles. The van der Waals surface area contributed by atoms with E-state index in [9.17, 15) is 4.79 Å². The monoisotopic (exact) mass is 383 g/mol. The van der Waals surface area contributed by atoms with Gasteiger partial charge in [-0.15, -0.1) is 0 Å². The van der Waals surface area contributed by atoms with Gasteiger partial charge in [0.15, 0.2) is 0 Å². The predicted octanol–water partition coefficient (Wildman–Crippen LogP) is 4.29. The van der Waals surface area contributed by atoms with Crippen LogP contribution < -0.4 is 5.32 Å². The van der Waals surface area contributed by atoms with Crippen molar-refractivity contribution in [3.8, 4) is 0 Å². The van der Waals surface area contributed by atoms with Gasteiger partial charge in [-0.05, 0) is 35.7 Å². The maximum Gasteiger partial charge on any atom is 0.224 e. The standard InChI is InChI=1S/C25H25N3O/c1-19-9-5-6-12-21(19)18-28-23-14-8-7-13-22(23)27-24(28)15-16-26-25(29)17-20-10-3-2-4-11-20/h2-14H,15-18H2,1H3,(H,26,29). The summed E-state index contributed by atoms with van der Waals surface area (Å²) in [6.45, 7) is 3.49. The van der Waals surface area contributed by atoms with Gasteiger partial charge >= 0.3 is 0 Å². The molecule has 4 rings (SSSR count). The Kier molecular flexibility index (Phi) is 5.71. The number of aromatic nitrogens is 2. The molecule has 0 fully saturated rings. The summed E-state index contributed by atoms with van der Waals surface area (Å²) in [5.74, 6) is 1.03. The number of hydrogen-bond donors (Lipinski definition) is 1. The fourth-order valence-electron chi connectivity index (χ4n) is 3.61. The largest absolute Gasteiger partial charge is 0.355 e. The number of aryl methyl sites for hydroxylation is 1. The Bertz CT molecular complexity index is 1120. The number of para-hydroxylation sites is 2. The van der Waals surface area contributed by atoms with E-state index in [2.05, 4.69) is 47.1 Å². The lowest BCUT2D eigenvalue weighted by Gasteiger charge is -2.12. The first-order valence-corrected chi connectivity index (χ1v) is 10.00. The van der Waals surface area contributed by atoms with Gasteiger partial charge in [0.25, 0.3) is 0 Å². The van der Waals surface area contributed by atoms with E-state index in [1.54, 1.807) is 0 Å². The second kappa shape index (κ2) is 8.74. The number of fused-ring (bicyclic) bond motifs is 1. The fourth-order valence-corrected chi connectivity index (χ4v) is 3.61. The first kappa shape index (κ1) is 18.9. The molecule has 1 amide bonds. The molecule has 0 saturated heterocycles. The summed E-state index contributed by atoms with van der Waals surface area (Å²) in [4.78, 5) is 17.1. The highest BCUT2D eigenvalue weighted by Crippen LogP contribution is 2.19. The Morgan fingerprint density at radius 3 is 2.48 bits per heavy atom. The lowest BCUT2D eigenvalue weighted by Crippen LogP contribution is -2.28. The molecule has 0 aliphatic rings. The van der Waals surface area contributed by atoms with Crippen LogP contribution in [0.1, 0.15) is 22.5 Å². The summed E-state index contributed by atoms with van der Waals surface area (Å²) >= 11 is 0. The van der Waals surface area contributed by atoms with Crippen LogP contribution in [0.3, 0.4) is 0 Å². The van der Waals surface area contributed by atoms with Crippen LogP contribution in [-0.2, 0) is 24.2 Å². The maximum atomic E-state index is 12.3. The van der Waals surface area contributed by atoms with Crippen molar-refractivity contribution >= 4 is 16.9 Å². The van der Waals surface area contributed by atoms with Gasteiger partial charge in [-0.1, -0.05) is 66.7 Å². The summed E-state index contributed by atoms with van der Waals surface area (Å²) < 4.78 is 2.26. The molecule has 4 heteroatoms. The highest BCUT2D eigenvalue weighted by Gasteiger charge is 2.12. The van der Waals surface area contributed by atoms with Crippen LogP contribution >= 0.6 is 0 Å². The topological polar surface area (TPSA) is 46.9 Å². The third-order valence-corrected chi connectivity index (χ3v) is 5.20. The molecule has 0 atom stereocenters. The summed E-state index contributed by atoms with van der Waals surface area (Å²) in [5, 5.41) is 3.03. The molecule has 29 heavy (non-hydrogen) atoms. The van der Waals surface area contributed by atoms with Crippen molar-refractivity contribution < 1.29 is 4.79 Å². The van der Waals surface area contributed by atoms with E-state index in [0.717, 1.165) is 29.0 Å². The molecule has 1 heterocycles. The lowest BCUT2D eigenvalue weighted by molar-refractivity contribution is -0.120. The minimum atomic E-state index is 0.0396. The number of imidazole rings is 1. The number of benzene rings is 3. The first-order valence-electron chi connectivity index (χ1n) is 10.00. The van der Waals surface area contributed by atoms with Crippen molar-refractivity contribution in [2.75, 3.05) is 6.54 Å². The van der Waals surface area contributed by atoms with Crippen molar-refractivity contribution in [2.45, 2.75) is 26.3 Å². The average Bonchev–Trinajstić information content (AvgIpc) is 3.08. The molecule has 0 aliphatic carbocycles. The first-order chi connectivity index (χ1) is 14.2. The zero-order valence-corrected chi connectivity index (χ0v) is 16.6. The van der Waals surface area contributed by atoms with Gasteiger partial charge in [0, 0.05) is 19.5 Å². The van der Waals surface area contributed by atoms with Crippen LogP contribution in [0.2, 0.25) is 0 Å². The number of nitrogens with zero attached hydrogens (tertiary/aromatic N) is 2. The second-order valence-corrected chi connectivity index (χ2v) is 7.29. The Labute approximate surface area is 171 Å². The van der Waals surface area contributed by atoms with Gasteiger partial charge in [-0.2, -0.15) is 0 Å². The minimum Gasteiger partial charge on any atom is -0.355 e. The number of nitrogens with one attached hydrogen (secondary N) is 1. The van der Waals surface area contributed by atoms with Crippen molar-refractivity contribution in [1.29, 1.82) is 0 Å². The van der Waals surface area contributed by atoms with Gasteiger partial charge in [-0.3, -0.25) is 4.79 Å². The molecule has 0 saturated carbocycles. The third-order valence-electron chi connectivity index (χ3n) is 5.20. The number of hydrogen-bond acceptors (Lipinski definition) is 2. The molecule has 0 bridgehead atoms. The van der Waals surface area contributed by atoms with E-state index in [0.29, 0.717) is 19.4 Å². The van der Waals surface area contributed by atoms with E-state index in [-0.39, 0.29) is 5.91 Å². The summed E-state index contributed by atoms with van der Waals surface area (Å²) in [7, 11) is 0. The molecule has 1 N–H and O–H groups in total. The average molecular weight is 383 g/mol. The summed E-state index contributed by atoms with van der Waals surface area (Å²) in [6.07, 6.45) is 1.10. The zero-order valence-electron chi connectivity index (χ0n) is 16.6. The summed E-state index contributed by atoms with van der Waals surface area (Å²) in [5.41, 5.74) is 5.70. The van der Waals surface area contributed by atoms with E-state index < -0.39 is 0 Å². The Morgan fingerprint density at radius 2 is 1.66 bits per heavy atom. The van der Waals surface area contributed by atoms with Gasteiger partial charge in [0.2, 0.25) is 5.91 Å². The van der Waals surface area contributed by atoms with Gasteiger partial charge < -0.3 is 9.88 Å². The fraction of sp³-hybridized carbons (Fsp3) is 0.200. The zero-order chi connectivity index (χ0) is 20.1. The maximum absolute atomic E-state index is 12.3. The van der Waals surface area contributed by atoms with Crippen molar-refractivity contribution in [1.82, 2.24) is 14.9 Å². The lowest BCUT2D eigenvalue weighted by atomic mass is 10.1. The predicted molar refractivity (Wildman–Crippen MR) is 117 cm³/mol. The molecule has 4 aromatic rings. The van der Waals surface area contributed by atoms with Crippen LogP contribution in [0.25, 0.3) is 11.0 Å². The number of rotatable bonds is 7. The second-order valence-electron chi connectivity index (χ2n) is 7.29. The molecule has 146 valence electrons. The molecule has 4 nitrogen and oxygen atoms in total. The van der Waals surface area contributed by atoms with Gasteiger partial charge in [-0.25, -0.2) is 4.98 Å². The number of amides is 1. The number of carbonyl (C=O) groups excluding carboxylic acids is 1. The van der Waals surface area contributed by atoms with Crippen molar-refractivity contribution in [3.05, 3.63) is 101 Å². The minimum absolute atomic E-state index is 0.0396. The molecule has 0 spiro atoms. The highest BCUT2D eigenvalue weighted by molar-refractivity contribution is 5.78. The van der Waals surface area contributed by atoms with E-state index >= 15 is 0 Å². The molecule has 3 aromatic carbocycles. The SMILES string of the molecule is Cc1ccccc1Cn1c(CCNC(=O)Cc2ccccc2)nc2ccccc21. The highest BCUT2D eigenvalue weighted by atomic mass is 16.1. The van der Waals surface area contributed by atoms with Crippen molar-refractivity contribution in [3.63, 3.8) is 0 Å². The van der Waals surface area contributed by atoms with E-state index in [4.69, 9.17) is 4.98 Å². The Morgan fingerprint density at radius 1 is 0.931 bits per heavy atom. The summed E-state index contributed by atoms with van der Waals surface area (Å²) in [6, 6.07) is 26.5. The van der Waals surface area contributed by atoms with Crippen LogP contribution in [-0.4, -0.2) is 22.0 Å².